The van der Waals surface area contributed by atoms with Gasteiger partial charge in [-0.25, -0.2) is 4.79 Å². The van der Waals surface area contributed by atoms with Crippen LogP contribution >= 0.6 is 23.2 Å². The molecule has 86 valence electrons. The average molecular weight is 261 g/mol. The molecule has 0 bridgehead atoms. The Bertz CT molecular complexity index is 390. The number of nitrogens with zero attached hydrogens (tertiary/aromatic N) is 1. The first-order valence-corrected chi connectivity index (χ1v) is 5.36. The normalized spacial score (nSPS) is 11.1. The lowest BCUT2D eigenvalue weighted by Crippen LogP contribution is -2.11. The van der Waals surface area contributed by atoms with Crippen molar-refractivity contribution in [3.05, 3.63) is 29.8 Å². The van der Waals surface area contributed by atoms with Crippen LogP contribution in [0.1, 0.15) is 5.56 Å². The van der Waals surface area contributed by atoms with E-state index < -0.39 is 6.09 Å². The molecule has 1 aromatic carbocycles. The Balaban J connectivity index is 2.49. The van der Waals surface area contributed by atoms with Gasteiger partial charge >= 0.3 is 6.09 Å². The van der Waals surface area contributed by atoms with E-state index >= 15 is 0 Å². The minimum atomic E-state index is -0.716. The molecule has 0 unspecified atom stereocenters. The summed E-state index contributed by atoms with van der Waals surface area (Å²) in [6.45, 7) is 1.95. The summed E-state index contributed by atoms with van der Waals surface area (Å²) >= 11 is 10.8. The summed E-state index contributed by atoms with van der Waals surface area (Å²) in [7, 11) is 0. The number of hydrogen-bond acceptors (Lipinski definition) is 3. The van der Waals surface area contributed by atoms with Gasteiger partial charge in [0.25, 0.3) is 0 Å². The summed E-state index contributed by atoms with van der Waals surface area (Å²) < 4.78 is 0. The summed E-state index contributed by atoms with van der Waals surface area (Å²) in [6, 6.07) is 7.24. The van der Waals surface area contributed by atoms with Gasteiger partial charge in [-0.1, -0.05) is 34.5 Å². The van der Waals surface area contributed by atoms with Crippen LogP contribution in [0.25, 0.3) is 0 Å². The van der Waals surface area contributed by atoms with E-state index in [1.54, 1.807) is 12.1 Å². The lowest BCUT2D eigenvalue weighted by atomic mass is 10.2. The zero-order valence-corrected chi connectivity index (χ0v) is 10.0. The first-order chi connectivity index (χ1) is 7.61. The standard InChI is InChI=1S/C10H10Cl2N2O2/c1-7-2-4-8(5-3-7)13-10(15)16-14-9(12)6-11/h2-5H,6H2,1H3,(H,13,15). The number of rotatable bonds is 3. The number of carbonyl (C=O) groups is 1. The Labute approximate surface area is 103 Å². The molecule has 1 aromatic rings. The largest absolute Gasteiger partial charge is 0.437 e. The van der Waals surface area contributed by atoms with Crippen LogP contribution in [-0.4, -0.2) is 17.1 Å². The van der Waals surface area contributed by atoms with Crippen molar-refractivity contribution >= 4 is 40.2 Å². The molecule has 1 rings (SSSR count). The maximum Gasteiger partial charge on any atom is 0.437 e. The van der Waals surface area contributed by atoms with Crippen molar-refractivity contribution in [1.82, 2.24) is 0 Å². The highest BCUT2D eigenvalue weighted by molar-refractivity contribution is 6.69. The van der Waals surface area contributed by atoms with Gasteiger partial charge in [-0.3, -0.25) is 10.2 Å². The van der Waals surface area contributed by atoms with Gasteiger partial charge in [0, 0.05) is 5.69 Å². The molecular weight excluding hydrogens is 251 g/mol. The Morgan fingerprint density at radius 1 is 1.44 bits per heavy atom. The Hall–Kier alpha value is -1.26. The van der Waals surface area contributed by atoms with E-state index in [0.717, 1.165) is 5.56 Å². The number of hydrogen-bond donors (Lipinski definition) is 1. The molecule has 0 fully saturated rings. The smallest absolute Gasteiger partial charge is 0.297 e. The van der Waals surface area contributed by atoms with Crippen molar-refractivity contribution in [3.63, 3.8) is 0 Å². The van der Waals surface area contributed by atoms with Gasteiger partial charge in [-0.2, -0.15) is 0 Å². The Morgan fingerprint density at radius 3 is 2.62 bits per heavy atom. The van der Waals surface area contributed by atoms with Crippen molar-refractivity contribution in [2.24, 2.45) is 5.16 Å². The topological polar surface area (TPSA) is 50.7 Å². The van der Waals surface area contributed by atoms with Crippen molar-refractivity contribution < 1.29 is 9.63 Å². The summed E-state index contributed by atoms with van der Waals surface area (Å²) in [5.74, 6) is -0.000628. The second-order valence-corrected chi connectivity index (χ2v) is 3.67. The molecule has 0 atom stereocenters. The third-order valence-corrected chi connectivity index (χ3v) is 2.23. The fraction of sp³-hybridized carbons (Fsp3) is 0.200. The van der Waals surface area contributed by atoms with Crippen molar-refractivity contribution in [2.45, 2.75) is 6.92 Å². The molecule has 4 nitrogen and oxygen atoms in total. The number of amides is 1. The van der Waals surface area contributed by atoms with Gasteiger partial charge in [-0.05, 0) is 19.1 Å². The predicted octanol–water partition coefficient (Wildman–Crippen LogP) is 3.33. The summed E-state index contributed by atoms with van der Waals surface area (Å²) in [5.41, 5.74) is 1.72. The first-order valence-electron chi connectivity index (χ1n) is 4.45. The van der Waals surface area contributed by atoms with Crippen LogP contribution in [0.15, 0.2) is 29.4 Å². The molecule has 0 aromatic heterocycles. The molecule has 6 heteroatoms. The molecule has 0 saturated carbocycles. The van der Waals surface area contributed by atoms with Crippen molar-refractivity contribution in [2.75, 3.05) is 11.2 Å². The monoisotopic (exact) mass is 260 g/mol. The van der Waals surface area contributed by atoms with Crippen LogP contribution in [0.3, 0.4) is 0 Å². The van der Waals surface area contributed by atoms with Gasteiger partial charge in [0.15, 0.2) is 5.17 Å². The second kappa shape index (κ2) is 6.35. The molecule has 0 saturated heterocycles. The quantitative estimate of drug-likeness (QED) is 0.392. The van der Waals surface area contributed by atoms with Crippen LogP contribution in [0.2, 0.25) is 0 Å². The molecular formula is C10H10Cl2N2O2. The van der Waals surface area contributed by atoms with Crippen molar-refractivity contribution in [1.29, 1.82) is 0 Å². The van der Waals surface area contributed by atoms with E-state index in [2.05, 4.69) is 15.3 Å². The number of benzene rings is 1. The third-order valence-electron chi connectivity index (χ3n) is 1.64. The van der Waals surface area contributed by atoms with Crippen LogP contribution in [-0.2, 0) is 4.84 Å². The minimum Gasteiger partial charge on any atom is -0.297 e. The van der Waals surface area contributed by atoms with Crippen LogP contribution < -0.4 is 5.32 Å². The number of anilines is 1. The van der Waals surface area contributed by atoms with E-state index in [9.17, 15) is 4.79 Å². The Kier molecular flexibility index (Phi) is 5.08. The van der Waals surface area contributed by atoms with Gasteiger partial charge in [-0.15, -0.1) is 11.6 Å². The van der Waals surface area contributed by atoms with E-state index in [0.29, 0.717) is 5.69 Å². The molecule has 0 radical (unpaired) electrons. The lowest BCUT2D eigenvalue weighted by molar-refractivity contribution is 0.167. The highest BCUT2D eigenvalue weighted by Gasteiger charge is 2.02. The van der Waals surface area contributed by atoms with Gasteiger partial charge in [0.2, 0.25) is 0 Å². The number of carbonyl (C=O) groups excluding carboxylic acids is 1. The zero-order chi connectivity index (χ0) is 12.0. The molecule has 0 aliphatic heterocycles. The molecule has 16 heavy (non-hydrogen) atoms. The lowest BCUT2D eigenvalue weighted by Gasteiger charge is -2.02. The van der Waals surface area contributed by atoms with Gasteiger partial charge in [0.1, 0.15) is 0 Å². The first kappa shape index (κ1) is 12.8. The van der Waals surface area contributed by atoms with E-state index in [4.69, 9.17) is 23.2 Å². The second-order valence-electron chi connectivity index (χ2n) is 2.97. The minimum absolute atomic E-state index is 0.000628. The summed E-state index contributed by atoms with van der Waals surface area (Å²) in [4.78, 5) is 15.6. The maximum atomic E-state index is 11.2. The summed E-state index contributed by atoms with van der Waals surface area (Å²) in [5, 5.41) is 5.79. The highest BCUT2D eigenvalue weighted by atomic mass is 35.5. The zero-order valence-electron chi connectivity index (χ0n) is 8.54. The van der Waals surface area contributed by atoms with Gasteiger partial charge < -0.3 is 0 Å². The maximum absolute atomic E-state index is 11.2. The SMILES string of the molecule is Cc1ccc(NC(=O)ON=C(Cl)CCl)cc1. The predicted molar refractivity (Wildman–Crippen MR) is 65.3 cm³/mol. The van der Waals surface area contributed by atoms with E-state index in [1.807, 2.05) is 19.1 Å². The molecule has 1 amide bonds. The third kappa shape index (κ3) is 4.51. The summed E-state index contributed by atoms with van der Waals surface area (Å²) in [6.07, 6.45) is -0.716. The van der Waals surface area contributed by atoms with Gasteiger partial charge in [0.05, 0.1) is 5.88 Å². The highest BCUT2D eigenvalue weighted by Crippen LogP contribution is 2.08. The number of oxime groups is 1. The van der Waals surface area contributed by atoms with E-state index in [1.165, 1.54) is 0 Å². The molecule has 0 aliphatic rings. The fourth-order valence-electron chi connectivity index (χ4n) is 0.893. The number of halogens is 2. The molecule has 0 aliphatic carbocycles. The number of alkyl halides is 1. The van der Waals surface area contributed by atoms with E-state index in [-0.39, 0.29) is 11.1 Å². The molecule has 0 heterocycles. The molecule has 0 spiro atoms. The van der Waals surface area contributed by atoms with Crippen LogP contribution in [0.4, 0.5) is 10.5 Å². The van der Waals surface area contributed by atoms with Crippen LogP contribution in [0, 0.1) is 6.92 Å². The van der Waals surface area contributed by atoms with Crippen molar-refractivity contribution in [3.8, 4) is 0 Å². The number of aryl methyl sites for hydroxylation is 1. The fourth-order valence-corrected chi connectivity index (χ4v) is 0.976. The van der Waals surface area contributed by atoms with Crippen LogP contribution in [0.5, 0.6) is 0 Å². The molecule has 1 N–H and O–H groups in total. The number of nitrogens with one attached hydrogen (secondary N) is 1. The average Bonchev–Trinajstić information content (AvgIpc) is 2.29. The Morgan fingerprint density at radius 2 is 2.06 bits per heavy atom.